The van der Waals surface area contributed by atoms with E-state index in [9.17, 15) is 19.5 Å². The van der Waals surface area contributed by atoms with Crippen LogP contribution < -0.4 is 49.5 Å². The molecule has 1 aromatic carbocycles. The third-order valence-electron chi connectivity index (χ3n) is 6.25. The van der Waals surface area contributed by atoms with E-state index in [0.29, 0.717) is 24.3 Å². The van der Waals surface area contributed by atoms with Crippen LogP contribution in [0, 0.1) is 5.92 Å². The third kappa shape index (κ3) is 4.88. The van der Waals surface area contributed by atoms with Gasteiger partial charge in [0.2, 0.25) is 5.91 Å². The Kier molecular flexibility index (Phi) is 8.82. The summed E-state index contributed by atoms with van der Waals surface area (Å²) in [5, 5.41) is 14.1. The molecule has 176 valence electrons. The monoisotopic (exact) mass is 486 g/mol. The number of para-hydroxylation sites is 2. The second kappa shape index (κ2) is 10.5. The second-order valence-electron chi connectivity index (χ2n) is 9.08. The van der Waals surface area contributed by atoms with Crippen LogP contribution in [0.2, 0.25) is 0 Å². The Morgan fingerprint density at radius 2 is 1.88 bits per heavy atom. The number of nitrogens with one attached hydrogen (secondary N) is 1. The molecule has 10 heteroatoms. The fourth-order valence-corrected chi connectivity index (χ4v) is 6.16. The van der Waals surface area contributed by atoms with Gasteiger partial charge in [-0.15, -0.1) is 11.8 Å². The normalized spacial score (nSPS) is 24.8. The van der Waals surface area contributed by atoms with Gasteiger partial charge in [-0.3, -0.25) is 9.59 Å². The van der Waals surface area contributed by atoms with Crippen molar-refractivity contribution in [3.05, 3.63) is 24.3 Å². The van der Waals surface area contributed by atoms with E-state index in [1.165, 1.54) is 23.8 Å². The van der Waals surface area contributed by atoms with E-state index in [2.05, 4.69) is 5.32 Å². The van der Waals surface area contributed by atoms with E-state index < -0.39 is 45.6 Å². The molecule has 2 fully saturated rings. The van der Waals surface area contributed by atoms with Crippen molar-refractivity contribution in [1.82, 2.24) is 10.2 Å². The maximum Gasteiger partial charge on any atom is 1.00 e. The van der Waals surface area contributed by atoms with Crippen molar-refractivity contribution < 1.29 is 58.5 Å². The smallest absolute Gasteiger partial charge is 0.548 e. The van der Waals surface area contributed by atoms with Gasteiger partial charge in [0.15, 0.2) is 17.1 Å². The molecule has 2 aliphatic heterocycles. The van der Waals surface area contributed by atoms with Gasteiger partial charge < -0.3 is 29.6 Å². The zero-order chi connectivity index (χ0) is 23.8. The van der Waals surface area contributed by atoms with Crippen LogP contribution in [0.4, 0.5) is 0 Å². The first-order chi connectivity index (χ1) is 15.0. The van der Waals surface area contributed by atoms with Gasteiger partial charge in [0.1, 0.15) is 11.4 Å². The minimum atomic E-state index is -1.29. The molecular weight excluding hydrogens is 455 g/mol. The van der Waals surface area contributed by atoms with Gasteiger partial charge in [-0.2, -0.15) is 0 Å². The number of aliphatic carboxylic acids is 1. The van der Waals surface area contributed by atoms with Crippen molar-refractivity contribution >= 4 is 29.5 Å². The molecule has 2 saturated heterocycles. The maximum atomic E-state index is 13.6. The van der Waals surface area contributed by atoms with Gasteiger partial charge in [-0.25, -0.2) is 0 Å². The molecule has 2 aliphatic rings. The second-order valence-corrected chi connectivity index (χ2v) is 10.8. The van der Waals surface area contributed by atoms with Crippen LogP contribution in [-0.2, 0) is 14.4 Å². The number of nitrogens with zero attached hydrogens (tertiary/aromatic N) is 1. The summed E-state index contributed by atoms with van der Waals surface area (Å²) in [4.78, 5) is 39.4. The fourth-order valence-electron chi connectivity index (χ4n) is 4.54. The van der Waals surface area contributed by atoms with Crippen LogP contribution in [0.1, 0.15) is 47.5 Å². The topological polar surface area (TPSA) is 108 Å². The zero-order valence-corrected chi connectivity index (χ0v) is 23.2. The number of rotatable bonds is 9. The number of thioether (sulfide) groups is 1. The van der Waals surface area contributed by atoms with Gasteiger partial charge in [0, 0.05) is 10.7 Å². The molecule has 1 aromatic rings. The number of carboxylic acid groups (broad SMARTS) is 1. The summed E-state index contributed by atoms with van der Waals surface area (Å²) < 4.78 is 11.0. The van der Waals surface area contributed by atoms with Gasteiger partial charge in [0.25, 0.3) is 5.91 Å². The van der Waals surface area contributed by atoms with Crippen LogP contribution in [0.15, 0.2) is 24.3 Å². The summed E-state index contributed by atoms with van der Waals surface area (Å²) >= 11 is 1.36. The van der Waals surface area contributed by atoms with E-state index in [-0.39, 0.29) is 35.5 Å². The molecule has 2 heterocycles. The molecule has 0 bridgehead atoms. The molecular formula is C23H31N2NaO6S. The molecule has 0 saturated carbocycles. The Balaban J connectivity index is 0.00000385. The summed E-state index contributed by atoms with van der Waals surface area (Å²) in [5.41, 5.74) is -1.23. The Morgan fingerprint density at radius 1 is 1.27 bits per heavy atom. The van der Waals surface area contributed by atoms with E-state index in [1.54, 1.807) is 32.0 Å². The molecule has 1 N–H and O–H groups in total. The van der Waals surface area contributed by atoms with Crippen LogP contribution in [0.25, 0.3) is 0 Å². The van der Waals surface area contributed by atoms with Gasteiger partial charge in [0.05, 0.1) is 19.1 Å². The molecule has 8 nitrogen and oxygen atoms in total. The number of carboxylic acids is 1. The van der Waals surface area contributed by atoms with Crippen molar-refractivity contribution in [3.63, 3.8) is 0 Å². The van der Waals surface area contributed by atoms with E-state index in [1.807, 2.05) is 26.8 Å². The molecule has 4 atom stereocenters. The number of carbonyl (C=O) groups excluding carboxylic acids is 3. The molecule has 2 amide bonds. The number of amides is 2. The van der Waals surface area contributed by atoms with Crippen molar-refractivity contribution in [2.75, 3.05) is 7.11 Å². The summed E-state index contributed by atoms with van der Waals surface area (Å²) in [6, 6.07) is 5.28. The first kappa shape index (κ1) is 27.8. The fraction of sp³-hybridized carbons (Fsp3) is 0.609. The van der Waals surface area contributed by atoms with Gasteiger partial charge in [-0.05, 0) is 32.4 Å². The van der Waals surface area contributed by atoms with Crippen LogP contribution in [0.3, 0.4) is 0 Å². The molecule has 0 spiro atoms. The van der Waals surface area contributed by atoms with Crippen molar-refractivity contribution in [1.29, 1.82) is 0 Å². The Bertz CT molecular complexity index is 911. The van der Waals surface area contributed by atoms with Crippen LogP contribution in [0.5, 0.6) is 11.5 Å². The van der Waals surface area contributed by atoms with Crippen molar-refractivity contribution in [2.45, 2.75) is 75.3 Å². The number of ether oxygens (including phenoxy) is 2. The Morgan fingerprint density at radius 3 is 2.39 bits per heavy atom. The Hall–Kier alpha value is -1.42. The third-order valence-corrected chi connectivity index (χ3v) is 7.82. The van der Waals surface area contributed by atoms with Crippen molar-refractivity contribution in [2.24, 2.45) is 5.92 Å². The Labute approximate surface area is 221 Å². The van der Waals surface area contributed by atoms with Crippen LogP contribution >= 0.6 is 11.8 Å². The number of benzene rings is 1. The summed E-state index contributed by atoms with van der Waals surface area (Å²) in [6.07, 6.45) is 1.12. The number of hydrogen-bond acceptors (Lipinski definition) is 7. The van der Waals surface area contributed by atoms with E-state index >= 15 is 0 Å². The predicted octanol–water partition coefficient (Wildman–Crippen LogP) is -1.43. The summed E-state index contributed by atoms with van der Waals surface area (Å²) in [5.74, 6) is -1.34. The molecule has 1 unspecified atom stereocenters. The molecule has 0 radical (unpaired) electrons. The minimum absolute atomic E-state index is 0. The van der Waals surface area contributed by atoms with E-state index in [0.717, 1.165) is 0 Å². The summed E-state index contributed by atoms with van der Waals surface area (Å²) in [6.45, 7) is 9.30. The molecule has 33 heavy (non-hydrogen) atoms. The maximum absolute atomic E-state index is 13.6. The van der Waals surface area contributed by atoms with Crippen molar-refractivity contribution in [3.8, 4) is 11.5 Å². The zero-order valence-electron chi connectivity index (χ0n) is 20.3. The average Bonchev–Trinajstić information content (AvgIpc) is 2.99. The molecule has 0 aromatic heterocycles. The largest absolute Gasteiger partial charge is 1.00 e. The average molecular weight is 487 g/mol. The number of hydrogen-bond donors (Lipinski definition) is 1. The number of methoxy groups -OCH3 is 1. The first-order valence-electron chi connectivity index (χ1n) is 10.8. The summed E-state index contributed by atoms with van der Waals surface area (Å²) in [7, 11) is 1.54. The number of fused-ring (bicyclic) bond motifs is 1. The number of β-lactam (4-membered cyclic amide) rings is 1. The quantitative estimate of drug-likeness (QED) is 0.337. The van der Waals surface area contributed by atoms with Gasteiger partial charge in [-0.1, -0.05) is 39.3 Å². The van der Waals surface area contributed by atoms with E-state index in [4.69, 9.17) is 9.47 Å². The number of carbonyl (C=O) groups is 3. The van der Waals surface area contributed by atoms with Crippen LogP contribution in [-0.4, -0.2) is 57.6 Å². The molecule has 0 aliphatic carbocycles. The minimum Gasteiger partial charge on any atom is -0.548 e. The first-order valence-corrected chi connectivity index (χ1v) is 11.7. The standard InChI is InChI=1S/C23H32N2O6S.Na/c1-7-12-23(13(2)3,31-15-11-9-8-10-14(15)30-6)21(29)24-16-18(26)25-17(20(27)28)22(4,5)32-19(16)25;/h8-11,13,16-17,19H,7,12H2,1-6H3,(H,24,29)(H,27,28);/q;+1/p-1/t16-,17+,19-,23?;/m1./s1. The SMILES string of the molecule is CCCC(Oc1ccccc1OC)(C(=O)N[C@@H]1C(=O)N2[C@@H]1SC(C)(C)[C@@H]2C(=O)[O-])C(C)C.[Na+]. The van der Waals surface area contributed by atoms with Gasteiger partial charge >= 0.3 is 29.6 Å². The molecule has 3 rings (SSSR count). The predicted molar refractivity (Wildman–Crippen MR) is 119 cm³/mol.